The minimum atomic E-state index is -0.0767. The Kier molecular flexibility index (Phi) is 5.46. The van der Waals surface area contributed by atoms with E-state index in [1.807, 2.05) is 48.0 Å². The zero-order valence-electron chi connectivity index (χ0n) is 12.8. The van der Waals surface area contributed by atoms with Gasteiger partial charge in [-0.2, -0.15) is 0 Å². The predicted molar refractivity (Wildman–Crippen MR) is 103 cm³/mol. The average Bonchev–Trinajstić information content (AvgIpc) is 2.97. The molecule has 0 unspecified atom stereocenters. The number of hydrogen-bond acceptors (Lipinski definition) is 5. The van der Waals surface area contributed by atoms with Crippen molar-refractivity contribution in [1.29, 1.82) is 0 Å². The molecule has 0 aliphatic carbocycles. The fourth-order valence-corrected chi connectivity index (χ4v) is 3.12. The van der Waals surface area contributed by atoms with Gasteiger partial charge in [-0.1, -0.05) is 11.8 Å². The van der Waals surface area contributed by atoms with Crippen molar-refractivity contribution in [1.82, 2.24) is 19.7 Å². The Labute approximate surface area is 157 Å². The number of nitrogens with zero attached hydrogens (tertiary/aromatic N) is 4. The summed E-state index contributed by atoms with van der Waals surface area (Å²) in [6.07, 6.45) is 3.45. The van der Waals surface area contributed by atoms with E-state index in [9.17, 15) is 4.79 Å². The van der Waals surface area contributed by atoms with Crippen LogP contribution >= 0.6 is 34.4 Å². The summed E-state index contributed by atoms with van der Waals surface area (Å²) in [6, 6.07) is 11.4. The lowest BCUT2D eigenvalue weighted by molar-refractivity contribution is -0.113. The van der Waals surface area contributed by atoms with Crippen molar-refractivity contribution in [2.75, 3.05) is 11.1 Å². The van der Waals surface area contributed by atoms with Crippen LogP contribution in [-0.4, -0.2) is 31.4 Å². The third-order valence-electron chi connectivity index (χ3n) is 3.21. The highest BCUT2D eigenvalue weighted by Crippen LogP contribution is 2.22. The number of nitrogens with one attached hydrogen (secondary N) is 1. The van der Waals surface area contributed by atoms with Crippen LogP contribution in [0, 0.1) is 3.57 Å². The summed E-state index contributed by atoms with van der Waals surface area (Å²) >= 11 is 3.57. The zero-order valence-corrected chi connectivity index (χ0v) is 15.8. The summed E-state index contributed by atoms with van der Waals surface area (Å²) < 4.78 is 2.99. The first kappa shape index (κ1) is 16.9. The maximum absolute atomic E-state index is 12.1. The number of thioether (sulfide) groups is 1. The molecule has 1 amide bonds. The quantitative estimate of drug-likeness (QED) is 0.477. The second-order valence-electron chi connectivity index (χ2n) is 4.95. The number of amides is 1. The van der Waals surface area contributed by atoms with E-state index < -0.39 is 0 Å². The van der Waals surface area contributed by atoms with Gasteiger partial charge in [-0.15, -0.1) is 10.2 Å². The highest BCUT2D eigenvalue weighted by Gasteiger charge is 2.13. The van der Waals surface area contributed by atoms with Gasteiger partial charge in [0.2, 0.25) is 5.91 Å². The molecule has 0 fully saturated rings. The molecule has 0 saturated heterocycles. The second kappa shape index (κ2) is 7.75. The molecule has 0 saturated carbocycles. The Hall–Kier alpha value is -1.94. The Bertz CT molecular complexity index is 835. The number of halogens is 1. The molecule has 6 nitrogen and oxygen atoms in total. The first-order chi connectivity index (χ1) is 11.6. The van der Waals surface area contributed by atoms with Gasteiger partial charge < -0.3 is 9.88 Å². The van der Waals surface area contributed by atoms with Crippen molar-refractivity contribution in [2.24, 2.45) is 7.05 Å². The Morgan fingerprint density at radius 1 is 1.25 bits per heavy atom. The molecule has 0 bridgehead atoms. The van der Waals surface area contributed by atoms with E-state index in [-0.39, 0.29) is 11.7 Å². The van der Waals surface area contributed by atoms with Crippen LogP contribution in [-0.2, 0) is 11.8 Å². The van der Waals surface area contributed by atoms with E-state index in [4.69, 9.17) is 0 Å². The standard InChI is InChI=1S/C16H14IN5OS/c1-22-15(11-3-2-8-18-9-11)20-21-16(22)24-10-14(23)19-13-6-4-12(17)5-7-13/h2-9H,10H2,1H3,(H,19,23). The molecule has 122 valence electrons. The molecule has 24 heavy (non-hydrogen) atoms. The molecule has 0 atom stereocenters. The van der Waals surface area contributed by atoms with Crippen LogP contribution in [0.2, 0.25) is 0 Å². The van der Waals surface area contributed by atoms with Crippen LogP contribution in [0.5, 0.6) is 0 Å². The van der Waals surface area contributed by atoms with Crippen molar-refractivity contribution >= 4 is 45.9 Å². The lowest BCUT2D eigenvalue weighted by atomic mass is 10.3. The Morgan fingerprint density at radius 3 is 2.75 bits per heavy atom. The highest BCUT2D eigenvalue weighted by atomic mass is 127. The van der Waals surface area contributed by atoms with Crippen LogP contribution in [0.15, 0.2) is 53.9 Å². The number of pyridine rings is 1. The number of hydrogen-bond donors (Lipinski definition) is 1. The van der Waals surface area contributed by atoms with Crippen LogP contribution in [0.4, 0.5) is 5.69 Å². The summed E-state index contributed by atoms with van der Waals surface area (Å²) in [6.45, 7) is 0. The normalized spacial score (nSPS) is 10.6. The van der Waals surface area contributed by atoms with Crippen LogP contribution in [0.25, 0.3) is 11.4 Å². The van der Waals surface area contributed by atoms with Gasteiger partial charge in [0.05, 0.1) is 5.75 Å². The molecule has 3 aromatic rings. The first-order valence-electron chi connectivity index (χ1n) is 7.11. The molecule has 2 aromatic heterocycles. The summed E-state index contributed by atoms with van der Waals surface area (Å²) in [4.78, 5) is 16.1. The van der Waals surface area contributed by atoms with Crippen molar-refractivity contribution < 1.29 is 4.79 Å². The molecular formula is C16H14IN5OS. The molecule has 0 aliphatic heterocycles. The highest BCUT2D eigenvalue weighted by molar-refractivity contribution is 14.1. The number of carbonyl (C=O) groups excluding carboxylic acids is 1. The lowest BCUT2D eigenvalue weighted by Gasteiger charge is -2.05. The maximum atomic E-state index is 12.1. The van der Waals surface area contributed by atoms with E-state index in [1.54, 1.807) is 12.4 Å². The molecule has 2 heterocycles. The summed E-state index contributed by atoms with van der Waals surface area (Å²) in [5.41, 5.74) is 1.68. The van der Waals surface area contributed by atoms with Crippen molar-refractivity contribution in [3.8, 4) is 11.4 Å². The fraction of sp³-hybridized carbons (Fsp3) is 0.125. The van der Waals surface area contributed by atoms with E-state index >= 15 is 0 Å². The smallest absolute Gasteiger partial charge is 0.234 e. The number of aromatic nitrogens is 4. The van der Waals surface area contributed by atoms with Gasteiger partial charge in [0, 0.05) is 34.3 Å². The van der Waals surface area contributed by atoms with Crippen LogP contribution in [0.3, 0.4) is 0 Å². The predicted octanol–water partition coefficient (Wildman–Crippen LogP) is 3.21. The molecule has 1 aromatic carbocycles. The number of anilines is 1. The van der Waals surface area contributed by atoms with Gasteiger partial charge in [-0.3, -0.25) is 9.78 Å². The van der Waals surface area contributed by atoms with E-state index in [2.05, 4.69) is 43.1 Å². The molecular weight excluding hydrogens is 437 g/mol. The average molecular weight is 451 g/mol. The van der Waals surface area contributed by atoms with Crippen LogP contribution in [0.1, 0.15) is 0 Å². The number of carbonyl (C=O) groups is 1. The van der Waals surface area contributed by atoms with Gasteiger partial charge in [-0.05, 0) is 59.0 Å². The fourth-order valence-electron chi connectivity index (χ4n) is 2.05. The summed E-state index contributed by atoms with van der Waals surface area (Å²) in [7, 11) is 1.88. The van der Waals surface area contributed by atoms with Gasteiger partial charge >= 0.3 is 0 Å². The SMILES string of the molecule is Cn1c(SCC(=O)Nc2ccc(I)cc2)nnc1-c1cccnc1. The minimum absolute atomic E-state index is 0.0767. The molecule has 8 heteroatoms. The van der Waals surface area contributed by atoms with Gasteiger partial charge in [0.15, 0.2) is 11.0 Å². The maximum Gasteiger partial charge on any atom is 0.234 e. The van der Waals surface area contributed by atoms with Gasteiger partial charge in [0.1, 0.15) is 0 Å². The van der Waals surface area contributed by atoms with Crippen molar-refractivity contribution in [3.63, 3.8) is 0 Å². The number of benzene rings is 1. The third kappa shape index (κ3) is 4.12. The zero-order chi connectivity index (χ0) is 16.9. The van der Waals surface area contributed by atoms with E-state index in [1.165, 1.54) is 11.8 Å². The van der Waals surface area contributed by atoms with Crippen molar-refractivity contribution in [3.05, 3.63) is 52.4 Å². The van der Waals surface area contributed by atoms with E-state index in [0.29, 0.717) is 5.16 Å². The monoisotopic (exact) mass is 451 g/mol. The largest absolute Gasteiger partial charge is 0.325 e. The molecule has 3 rings (SSSR count). The lowest BCUT2D eigenvalue weighted by Crippen LogP contribution is -2.14. The number of rotatable bonds is 5. The van der Waals surface area contributed by atoms with Gasteiger partial charge in [0.25, 0.3) is 0 Å². The van der Waals surface area contributed by atoms with Gasteiger partial charge in [-0.25, -0.2) is 0 Å². The summed E-state index contributed by atoms with van der Waals surface area (Å²) in [5.74, 6) is 0.918. The third-order valence-corrected chi connectivity index (χ3v) is 4.95. The topological polar surface area (TPSA) is 72.7 Å². The molecule has 1 N–H and O–H groups in total. The molecule has 0 aliphatic rings. The van der Waals surface area contributed by atoms with E-state index in [0.717, 1.165) is 20.6 Å². The minimum Gasteiger partial charge on any atom is -0.325 e. The Balaban J connectivity index is 1.62. The first-order valence-corrected chi connectivity index (χ1v) is 9.18. The summed E-state index contributed by atoms with van der Waals surface area (Å²) in [5, 5.41) is 11.9. The second-order valence-corrected chi connectivity index (χ2v) is 7.14. The molecule has 0 spiro atoms. The van der Waals surface area contributed by atoms with Crippen molar-refractivity contribution in [2.45, 2.75) is 5.16 Å². The van der Waals surface area contributed by atoms with Crippen LogP contribution < -0.4 is 5.32 Å². The Morgan fingerprint density at radius 2 is 2.04 bits per heavy atom. The molecule has 0 radical (unpaired) electrons.